The fraction of sp³-hybridized carbons (Fsp3) is 0.500. The van der Waals surface area contributed by atoms with Crippen LogP contribution in [0.3, 0.4) is 0 Å². The van der Waals surface area contributed by atoms with Gasteiger partial charge in [-0.05, 0) is 24.0 Å². The lowest BCUT2D eigenvalue weighted by atomic mass is 9.98. The molecule has 0 saturated carbocycles. The number of hydrogen-bond acceptors (Lipinski definition) is 1. The maximum absolute atomic E-state index is 5.98. The minimum Gasteiger partial charge on any atom is -0.327 e. The summed E-state index contributed by atoms with van der Waals surface area (Å²) in [6.45, 7) is 7.77. The van der Waals surface area contributed by atoms with Crippen LogP contribution in [-0.2, 0) is 12.4 Å². The summed E-state index contributed by atoms with van der Waals surface area (Å²) < 4.78 is 2.26. The largest absolute Gasteiger partial charge is 0.327 e. The van der Waals surface area contributed by atoms with Crippen LogP contribution in [0.25, 0.3) is 11.0 Å². The number of benzene rings is 1. The first-order valence-corrected chi connectivity index (χ1v) is 6.67. The first-order valence-electron chi connectivity index (χ1n) is 6.13. The van der Waals surface area contributed by atoms with E-state index in [1.165, 1.54) is 5.52 Å². The quantitative estimate of drug-likeness (QED) is 0.748. The Morgan fingerprint density at radius 3 is 2.59 bits per heavy atom. The van der Waals surface area contributed by atoms with Gasteiger partial charge in [0.05, 0.1) is 16.9 Å². The number of alkyl halides is 1. The highest BCUT2D eigenvalue weighted by Crippen LogP contribution is 2.21. The standard InChI is InChI=1S/C14H19ClN2/c1-10(2)11(3)9-17-13-7-5-4-6-12(13)16-14(17)8-15/h4-7,10-11H,8-9H2,1-3H3. The molecule has 0 saturated heterocycles. The minimum absolute atomic E-state index is 0.472. The van der Waals surface area contributed by atoms with Gasteiger partial charge in [0.25, 0.3) is 0 Å². The molecule has 92 valence electrons. The monoisotopic (exact) mass is 250 g/mol. The van der Waals surface area contributed by atoms with Crippen LogP contribution in [0.2, 0.25) is 0 Å². The molecule has 0 aliphatic rings. The number of para-hydroxylation sites is 2. The van der Waals surface area contributed by atoms with Crippen LogP contribution in [0.5, 0.6) is 0 Å². The molecule has 3 heteroatoms. The summed E-state index contributed by atoms with van der Waals surface area (Å²) in [6.07, 6.45) is 0. The second-order valence-electron chi connectivity index (χ2n) is 4.98. The number of rotatable bonds is 4. The van der Waals surface area contributed by atoms with E-state index in [9.17, 15) is 0 Å². The second kappa shape index (κ2) is 5.09. The van der Waals surface area contributed by atoms with Gasteiger partial charge in [-0.15, -0.1) is 11.6 Å². The lowest BCUT2D eigenvalue weighted by Crippen LogP contribution is -2.14. The molecule has 1 unspecified atom stereocenters. The molecule has 1 aromatic heterocycles. The Labute approximate surface area is 108 Å². The van der Waals surface area contributed by atoms with E-state index >= 15 is 0 Å². The van der Waals surface area contributed by atoms with Crippen molar-refractivity contribution in [1.29, 1.82) is 0 Å². The zero-order valence-electron chi connectivity index (χ0n) is 10.7. The molecule has 2 nitrogen and oxygen atoms in total. The highest BCUT2D eigenvalue weighted by atomic mass is 35.5. The number of imidazole rings is 1. The van der Waals surface area contributed by atoms with Crippen LogP contribution >= 0.6 is 11.6 Å². The molecule has 1 atom stereocenters. The van der Waals surface area contributed by atoms with Crippen molar-refractivity contribution in [2.24, 2.45) is 11.8 Å². The molecule has 2 aromatic rings. The SMILES string of the molecule is CC(C)C(C)Cn1c(CCl)nc2ccccc21. The van der Waals surface area contributed by atoms with Gasteiger partial charge in [-0.3, -0.25) is 0 Å². The molecule has 0 spiro atoms. The topological polar surface area (TPSA) is 17.8 Å². The van der Waals surface area contributed by atoms with Crippen LogP contribution in [0.4, 0.5) is 0 Å². The minimum atomic E-state index is 0.472. The van der Waals surface area contributed by atoms with Crippen LogP contribution in [0.15, 0.2) is 24.3 Å². The predicted molar refractivity (Wildman–Crippen MR) is 73.3 cm³/mol. The van der Waals surface area contributed by atoms with Gasteiger partial charge < -0.3 is 4.57 Å². The molecule has 0 aliphatic heterocycles. The molecule has 1 heterocycles. The van der Waals surface area contributed by atoms with E-state index in [0.717, 1.165) is 17.9 Å². The van der Waals surface area contributed by atoms with Gasteiger partial charge in [-0.2, -0.15) is 0 Å². The van der Waals surface area contributed by atoms with E-state index in [-0.39, 0.29) is 0 Å². The van der Waals surface area contributed by atoms with E-state index < -0.39 is 0 Å². The molecular formula is C14H19ClN2. The maximum atomic E-state index is 5.98. The number of hydrogen-bond donors (Lipinski definition) is 0. The first kappa shape index (κ1) is 12.4. The zero-order chi connectivity index (χ0) is 12.4. The highest BCUT2D eigenvalue weighted by molar-refractivity contribution is 6.16. The molecule has 0 amide bonds. The Morgan fingerprint density at radius 2 is 1.94 bits per heavy atom. The zero-order valence-corrected chi connectivity index (χ0v) is 11.4. The van der Waals surface area contributed by atoms with Crippen molar-refractivity contribution >= 4 is 22.6 Å². The molecule has 0 N–H and O–H groups in total. The number of nitrogens with zero attached hydrogens (tertiary/aromatic N) is 2. The van der Waals surface area contributed by atoms with Crippen molar-refractivity contribution < 1.29 is 0 Å². The molecule has 0 radical (unpaired) electrons. The third-order valence-corrected chi connectivity index (χ3v) is 3.70. The summed E-state index contributed by atoms with van der Waals surface area (Å²) in [5, 5.41) is 0. The highest BCUT2D eigenvalue weighted by Gasteiger charge is 2.14. The van der Waals surface area contributed by atoms with Crippen molar-refractivity contribution in [2.75, 3.05) is 0 Å². The van der Waals surface area contributed by atoms with E-state index in [4.69, 9.17) is 11.6 Å². The van der Waals surface area contributed by atoms with E-state index in [0.29, 0.717) is 17.7 Å². The first-order chi connectivity index (χ1) is 8.13. The fourth-order valence-electron chi connectivity index (χ4n) is 1.93. The summed E-state index contributed by atoms with van der Waals surface area (Å²) >= 11 is 5.98. The third kappa shape index (κ3) is 2.47. The van der Waals surface area contributed by atoms with Gasteiger partial charge in [0.2, 0.25) is 0 Å². The van der Waals surface area contributed by atoms with Crippen LogP contribution in [0.1, 0.15) is 26.6 Å². The third-order valence-electron chi connectivity index (χ3n) is 3.46. The summed E-state index contributed by atoms with van der Waals surface area (Å²) in [5.41, 5.74) is 2.23. The van der Waals surface area contributed by atoms with Crippen molar-refractivity contribution in [3.05, 3.63) is 30.1 Å². The van der Waals surface area contributed by atoms with Crippen LogP contribution < -0.4 is 0 Å². The molecule has 17 heavy (non-hydrogen) atoms. The molecule has 2 rings (SSSR count). The smallest absolute Gasteiger partial charge is 0.124 e. The summed E-state index contributed by atoms with van der Waals surface area (Å²) in [7, 11) is 0. The van der Waals surface area contributed by atoms with E-state index in [1.807, 2.05) is 12.1 Å². The lowest BCUT2D eigenvalue weighted by Gasteiger charge is -2.18. The normalized spacial score (nSPS) is 13.5. The van der Waals surface area contributed by atoms with E-state index in [2.05, 4.69) is 42.5 Å². The average molecular weight is 251 g/mol. The van der Waals surface area contributed by atoms with Gasteiger partial charge in [0.1, 0.15) is 5.82 Å². The predicted octanol–water partition coefficient (Wildman–Crippen LogP) is 4.07. The van der Waals surface area contributed by atoms with Gasteiger partial charge in [0.15, 0.2) is 0 Å². The summed E-state index contributed by atoms with van der Waals surface area (Å²) in [5.74, 6) is 2.73. The Kier molecular flexibility index (Phi) is 3.72. The molecule has 0 aliphatic carbocycles. The van der Waals surface area contributed by atoms with E-state index in [1.54, 1.807) is 0 Å². The Hall–Kier alpha value is -1.02. The molecule has 0 bridgehead atoms. The van der Waals surface area contributed by atoms with Gasteiger partial charge in [0, 0.05) is 6.54 Å². The van der Waals surface area contributed by atoms with Crippen molar-refractivity contribution in [2.45, 2.75) is 33.2 Å². The number of fused-ring (bicyclic) bond motifs is 1. The van der Waals surface area contributed by atoms with Crippen LogP contribution in [-0.4, -0.2) is 9.55 Å². The fourth-order valence-corrected chi connectivity index (χ4v) is 2.13. The Balaban J connectivity index is 2.43. The average Bonchev–Trinajstić information content (AvgIpc) is 2.67. The number of halogens is 1. The summed E-state index contributed by atoms with van der Waals surface area (Å²) in [4.78, 5) is 4.57. The molecule has 0 fully saturated rings. The second-order valence-corrected chi connectivity index (χ2v) is 5.25. The number of aromatic nitrogens is 2. The van der Waals surface area contributed by atoms with Gasteiger partial charge >= 0.3 is 0 Å². The van der Waals surface area contributed by atoms with Crippen LogP contribution in [0, 0.1) is 11.8 Å². The molecule has 1 aromatic carbocycles. The van der Waals surface area contributed by atoms with Crippen molar-refractivity contribution in [3.8, 4) is 0 Å². The Morgan fingerprint density at radius 1 is 1.24 bits per heavy atom. The van der Waals surface area contributed by atoms with Crippen molar-refractivity contribution in [1.82, 2.24) is 9.55 Å². The lowest BCUT2D eigenvalue weighted by molar-refractivity contribution is 0.365. The molecular weight excluding hydrogens is 232 g/mol. The Bertz CT molecular complexity index is 502. The summed E-state index contributed by atoms with van der Waals surface area (Å²) in [6, 6.07) is 8.23. The van der Waals surface area contributed by atoms with Crippen molar-refractivity contribution in [3.63, 3.8) is 0 Å². The van der Waals surface area contributed by atoms with Gasteiger partial charge in [-0.25, -0.2) is 4.98 Å². The van der Waals surface area contributed by atoms with Gasteiger partial charge in [-0.1, -0.05) is 32.9 Å². The maximum Gasteiger partial charge on any atom is 0.124 e.